The maximum absolute atomic E-state index is 14.2. The minimum Gasteiger partial charge on any atom is -0.490 e. The number of rotatable bonds is 5. The SMILES string of the molecule is NCC1(c2cccc(F)c2OCC2CC2)CCCCC1. The Kier molecular flexibility index (Phi) is 3.97. The molecule has 0 saturated heterocycles. The summed E-state index contributed by atoms with van der Waals surface area (Å²) < 4.78 is 20.1. The Bertz CT molecular complexity index is 464. The molecular formula is C17H24FNO. The molecule has 2 N–H and O–H groups in total. The van der Waals surface area contributed by atoms with Crippen LogP contribution in [0.4, 0.5) is 4.39 Å². The molecule has 0 bridgehead atoms. The lowest BCUT2D eigenvalue weighted by atomic mass is 9.69. The number of hydrogen-bond donors (Lipinski definition) is 1. The van der Waals surface area contributed by atoms with Gasteiger partial charge in [-0.1, -0.05) is 31.4 Å². The van der Waals surface area contributed by atoms with E-state index in [1.54, 1.807) is 6.07 Å². The van der Waals surface area contributed by atoms with Crippen LogP contribution in [0.1, 0.15) is 50.5 Å². The van der Waals surface area contributed by atoms with Crippen LogP contribution in [0.3, 0.4) is 0 Å². The summed E-state index contributed by atoms with van der Waals surface area (Å²) in [5.41, 5.74) is 7.00. The van der Waals surface area contributed by atoms with E-state index in [1.807, 2.05) is 6.07 Å². The van der Waals surface area contributed by atoms with Gasteiger partial charge in [-0.05, 0) is 37.7 Å². The summed E-state index contributed by atoms with van der Waals surface area (Å²) in [4.78, 5) is 0. The highest BCUT2D eigenvalue weighted by atomic mass is 19.1. The summed E-state index contributed by atoms with van der Waals surface area (Å²) in [6.45, 7) is 1.23. The fourth-order valence-corrected chi connectivity index (χ4v) is 3.37. The van der Waals surface area contributed by atoms with E-state index in [2.05, 4.69) is 0 Å². The second kappa shape index (κ2) is 5.72. The van der Waals surface area contributed by atoms with Crippen molar-refractivity contribution in [2.45, 2.75) is 50.4 Å². The molecule has 1 aromatic carbocycles. The first-order chi connectivity index (χ1) is 9.75. The topological polar surface area (TPSA) is 35.2 Å². The van der Waals surface area contributed by atoms with Crippen molar-refractivity contribution >= 4 is 0 Å². The minimum absolute atomic E-state index is 0.0841. The summed E-state index contributed by atoms with van der Waals surface area (Å²) in [6.07, 6.45) is 8.14. The van der Waals surface area contributed by atoms with Crippen LogP contribution < -0.4 is 10.5 Å². The first kappa shape index (κ1) is 13.9. The predicted octanol–water partition coefficient (Wildman–Crippen LogP) is 3.78. The van der Waals surface area contributed by atoms with Gasteiger partial charge in [-0.3, -0.25) is 0 Å². The minimum atomic E-state index is -0.235. The van der Waals surface area contributed by atoms with Crippen molar-refractivity contribution in [3.05, 3.63) is 29.6 Å². The third-order valence-corrected chi connectivity index (χ3v) is 4.90. The normalized spacial score (nSPS) is 21.7. The third kappa shape index (κ3) is 2.69. The van der Waals surface area contributed by atoms with Crippen molar-refractivity contribution in [2.24, 2.45) is 11.7 Å². The highest BCUT2D eigenvalue weighted by Gasteiger charge is 2.36. The molecule has 20 heavy (non-hydrogen) atoms. The molecule has 1 aromatic rings. The van der Waals surface area contributed by atoms with Crippen LogP contribution in [-0.2, 0) is 5.41 Å². The molecule has 0 radical (unpaired) electrons. The fraction of sp³-hybridized carbons (Fsp3) is 0.647. The molecule has 110 valence electrons. The van der Waals surface area contributed by atoms with Gasteiger partial charge >= 0.3 is 0 Å². The fourth-order valence-electron chi connectivity index (χ4n) is 3.37. The van der Waals surface area contributed by atoms with Crippen molar-refractivity contribution in [2.75, 3.05) is 13.2 Å². The van der Waals surface area contributed by atoms with Gasteiger partial charge in [0.25, 0.3) is 0 Å². The van der Waals surface area contributed by atoms with Crippen LogP contribution in [0.15, 0.2) is 18.2 Å². The maximum Gasteiger partial charge on any atom is 0.165 e. The summed E-state index contributed by atoms with van der Waals surface area (Å²) in [5, 5.41) is 0. The average molecular weight is 277 g/mol. The lowest BCUT2D eigenvalue weighted by Crippen LogP contribution is -2.37. The molecule has 0 unspecified atom stereocenters. The molecule has 3 rings (SSSR count). The van der Waals surface area contributed by atoms with Crippen LogP contribution in [-0.4, -0.2) is 13.2 Å². The Hall–Kier alpha value is -1.09. The van der Waals surface area contributed by atoms with Gasteiger partial charge in [0, 0.05) is 17.5 Å². The Morgan fingerprint density at radius 3 is 2.60 bits per heavy atom. The zero-order valence-corrected chi connectivity index (χ0v) is 12.0. The first-order valence-electron chi connectivity index (χ1n) is 7.87. The molecule has 2 fully saturated rings. The number of ether oxygens (including phenoxy) is 1. The molecule has 0 spiro atoms. The van der Waals surface area contributed by atoms with Gasteiger partial charge < -0.3 is 10.5 Å². The Balaban J connectivity index is 1.91. The molecule has 0 atom stereocenters. The molecule has 0 heterocycles. The van der Waals surface area contributed by atoms with E-state index in [0.717, 1.165) is 18.4 Å². The van der Waals surface area contributed by atoms with Crippen molar-refractivity contribution in [1.29, 1.82) is 0 Å². The second-order valence-electron chi connectivity index (χ2n) is 6.42. The van der Waals surface area contributed by atoms with Crippen molar-refractivity contribution < 1.29 is 9.13 Å². The third-order valence-electron chi connectivity index (χ3n) is 4.90. The standard InChI is InChI=1S/C17H24FNO/c18-15-6-4-5-14(16(15)20-11-13-7-8-13)17(12-19)9-2-1-3-10-17/h4-6,13H,1-3,7-12,19H2. The lowest BCUT2D eigenvalue weighted by molar-refractivity contribution is 0.253. The van der Waals surface area contributed by atoms with Gasteiger partial charge in [0.05, 0.1) is 6.61 Å². The Labute approximate surface area is 120 Å². The molecule has 2 nitrogen and oxygen atoms in total. The van der Waals surface area contributed by atoms with Crippen LogP contribution in [0, 0.1) is 11.7 Å². The van der Waals surface area contributed by atoms with Gasteiger partial charge in [-0.15, -0.1) is 0 Å². The highest BCUT2D eigenvalue weighted by Crippen LogP contribution is 2.44. The van der Waals surface area contributed by atoms with E-state index >= 15 is 0 Å². The lowest BCUT2D eigenvalue weighted by Gasteiger charge is -2.37. The van der Waals surface area contributed by atoms with E-state index in [-0.39, 0.29) is 11.2 Å². The summed E-state index contributed by atoms with van der Waals surface area (Å²) in [7, 11) is 0. The van der Waals surface area contributed by atoms with Gasteiger partial charge in [0.1, 0.15) is 0 Å². The van der Waals surface area contributed by atoms with E-state index in [9.17, 15) is 4.39 Å². The predicted molar refractivity (Wildman–Crippen MR) is 78.4 cm³/mol. The zero-order chi connectivity index (χ0) is 14.0. The largest absolute Gasteiger partial charge is 0.490 e. The number of halogens is 1. The molecular weight excluding hydrogens is 253 g/mol. The molecule has 2 aliphatic carbocycles. The van der Waals surface area contributed by atoms with Crippen molar-refractivity contribution in [3.63, 3.8) is 0 Å². The van der Waals surface area contributed by atoms with Crippen molar-refractivity contribution in [3.8, 4) is 5.75 Å². The summed E-state index contributed by atoms with van der Waals surface area (Å²) in [6, 6.07) is 5.31. The second-order valence-corrected chi connectivity index (χ2v) is 6.42. The van der Waals surface area contributed by atoms with E-state index < -0.39 is 0 Å². The number of benzene rings is 1. The summed E-state index contributed by atoms with van der Waals surface area (Å²) in [5.74, 6) is 0.857. The van der Waals surface area contributed by atoms with E-state index in [1.165, 1.54) is 38.2 Å². The van der Waals surface area contributed by atoms with Crippen LogP contribution in [0.5, 0.6) is 5.75 Å². The van der Waals surface area contributed by atoms with E-state index in [4.69, 9.17) is 10.5 Å². The van der Waals surface area contributed by atoms with Gasteiger partial charge in [-0.25, -0.2) is 4.39 Å². The van der Waals surface area contributed by atoms with Crippen LogP contribution >= 0.6 is 0 Å². The van der Waals surface area contributed by atoms with Crippen LogP contribution in [0.2, 0.25) is 0 Å². The number of para-hydroxylation sites is 1. The number of hydrogen-bond acceptors (Lipinski definition) is 2. The van der Waals surface area contributed by atoms with E-state index in [0.29, 0.717) is 24.8 Å². The molecule has 0 aromatic heterocycles. The maximum atomic E-state index is 14.2. The average Bonchev–Trinajstić information content (AvgIpc) is 3.31. The monoisotopic (exact) mass is 277 g/mol. The smallest absolute Gasteiger partial charge is 0.165 e. The quantitative estimate of drug-likeness (QED) is 0.889. The molecule has 2 saturated carbocycles. The molecule has 3 heteroatoms. The van der Waals surface area contributed by atoms with Gasteiger partial charge in [-0.2, -0.15) is 0 Å². The Morgan fingerprint density at radius 1 is 1.20 bits per heavy atom. The first-order valence-corrected chi connectivity index (χ1v) is 7.87. The van der Waals surface area contributed by atoms with Crippen LogP contribution in [0.25, 0.3) is 0 Å². The zero-order valence-electron chi connectivity index (χ0n) is 12.0. The molecule has 2 aliphatic rings. The number of nitrogens with two attached hydrogens (primary N) is 1. The highest BCUT2D eigenvalue weighted by molar-refractivity contribution is 5.41. The van der Waals surface area contributed by atoms with Crippen molar-refractivity contribution in [1.82, 2.24) is 0 Å². The van der Waals surface area contributed by atoms with Gasteiger partial charge in [0.15, 0.2) is 11.6 Å². The molecule has 0 amide bonds. The molecule has 0 aliphatic heterocycles. The van der Waals surface area contributed by atoms with Gasteiger partial charge in [0.2, 0.25) is 0 Å². The Morgan fingerprint density at radius 2 is 1.95 bits per heavy atom. The summed E-state index contributed by atoms with van der Waals surface area (Å²) >= 11 is 0.